The van der Waals surface area contributed by atoms with Crippen LogP contribution < -0.4 is 10.2 Å². The normalized spacial score (nSPS) is 10.2. The van der Waals surface area contributed by atoms with Gasteiger partial charge < -0.3 is 15.0 Å². The lowest BCUT2D eigenvalue weighted by Crippen LogP contribution is -2.13. The summed E-state index contributed by atoms with van der Waals surface area (Å²) in [6, 6.07) is 16.7. The second kappa shape index (κ2) is 7.39. The molecule has 0 aliphatic heterocycles. The van der Waals surface area contributed by atoms with Crippen molar-refractivity contribution in [3.05, 3.63) is 66.4 Å². The van der Waals surface area contributed by atoms with Crippen molar-refractivity contribution in [1.82, 2.24) is 15.2 Å². The molecule has 7 nitrogen and oxygen atoms in total. The summed E-state index contributed by atoms with van der Waals surface area (Å²) >= 11 is 0. The van der Waals surface area contributed by atoms with E-state index in [9.17, 15) is 4.79 Å². The van der Waals surface area contributed by atoms with E-state index in [1.165, 1.54) is 7.11 Å². The number of aromatic nitrogens is 3. The zero-order valence-corrected chi connectivity index (χ0v) is 13.9. The van der Waals surface area contributed by atoms with Crippen LogP contribution in [0.5, 0.6) is 0 Å². The topological polar surface area (TPSA) is 80.2 Å². The molecule has 0 fully saturated rings. The van der Waals surface area contributed by atoms with Gasteiger partial charge in [-0.05, 0) is 30.3 Å². The van der Waals surface area contributed by atoms with Gasteiger partial charge in [0.15, 0.2) is 5.82 Å². The fraction of sp³-hybridized carbons (Fsp3) is 0.111. The first-order valence-electron chi connectivity index (χ1n) is 7.61. The minimum Gasteiger partial charge on any atom is -0.465 e. The molecule has 3 aromatic rings. The van der Waals surface area contributed by atoms with Gasteiger partial charge in [-0.25, -0.2) is 4.79 Å². The molecule has 1 heterocycles. The predicted octanol–water partition coefficient (Wildman–Crippen LogP) is 3.17. The Hall–Kier alpha value is -3.48. The lowest BCUT2D eigenvalue weighted by Gasteiger charge is -2.18. The molecule has 0 saturated heterocycles. The monoisotopic (exact) mass is 335 g/mol. The summed E-state index contributed by atoms with van der Waals surface area (Å²) in [4.78, 5) is 18.0. The number of nitrogens with zero attached hydrogens (tertiary/aromatic N) is 4. The minimum atomic E-state index is -0.403. The molecule has 0 atom stereocenters. The maximum Gasteiger partial charge on any atom is 0.337 e. The Balaban J connectivity index is 1.82. The summed E-state index contributed by atoms with van der Waals surface area (Å²) in [7, 11) is 3.25. The van der Waals surface area contributed by atoms with Gasteiger partial charge in [0.1, 0.15) is 0 Å². The Morgan fingerprint density at radius 1 is 1.12 bits per heavy atom. The van der Waals surface area contributed by atoms with Crippen molar-refractivity contribution < 1.29 is 9.53 Å². The van der Waals surface area contributed by atoms with Crippen molar-refractivity contribution in [2.75, 3.05) is 24.4 Å². The molecule has 126 valence electrons. The average Bonchev–Trinajstić information content (AvgIpc) is 2.68. The van der Waals surface area contributed by atoms with Gasteiger partial charge in [0.05, 0.1) is 18.9 Å². The van der Waals surface area contributed by atoms with Crippen LogP contribution in [0.3, 0.4) is 0 Å². The van der Waals surface area contributed by atoms with Crippen LogP contribution in [0, 0.1) is 0 Å². The first-order chi connectivity index (χ1) is 12.2. The number of anilines is 4. The molecule has 1 N–H and O–H groups in total. The highest BCUT2D eigenvalue weighted by atomic mass is 16.5. The third-order valence-corrected chi connectivity index (χ3v) is 3.57. The van der Waals surface area contributed by atoms with Crippen molar-refractivity contribution in [1.29, 1.82) is 0 Å². The summed E-state index contributed by atoms with van der Waals surface area (Å²) in [6.45, 7) is 0. The third-order valence-electron chi connectivity index (χ3n) is 3.57. The molecule has 0 aliphatic carbocycles. The maximum absolute atomic E-state index is 11.6. The number of hydrogen-bond acceptors (Lipinski definition) is 7. The zero-order chi connectivity index (χ0) is 17.6. The fourth-order valence-corrected chi connectivity index (χ4v) is 2.26. The lowest BCUT2D eigenvalue weighted by molar-refractivity contribution is 0.0601. The Morgan fingerprint density at radius 3 is 2.68 bits per heavy atom. The number of esters is 1. The summed E-state index contributed by atoms with van der Waals surface area (Å²) in [5.41, 5.74) is 2.10. The molecule has 0 radical (unpaired) electrons. The van der Waals surface area contributed by atoms with Crippen LogP contribution in [0.1, 0.15) is 10.4 Å². The SMILES string of the molecule is COC(=O)c1cccc(Nc2nncc(N(C)c3ccccc3)n2)c1. The van der Waals surface area contributed by atoms with Crippen LogP contribution in [0.2, 0.25) is 0 Å². The highest BCUT2D eigenvalue weighted by Gasteiger charge is 2.09. The molecule has 25 heavy (non-hydrogen) atoms. The Labute approximate surface area is 145 Å². The standard InChI is InChI=1S/C18H17N5O2/c1-23(15-9-4-3-5-10-15)16-12-19-22-18(21-16)20-14-8-6-7-13(11-14)17(24)25-2/h3-12H,1-2H3,(H,20,21,22). The Morgan fingerprint density at radius 2 is 1.92 bits per heavy atom. The summed E-state index contributed by atoms with van der Waals surface area (Å²) < 4.78 is 4.72. The zero-order valence-electron chi connectivity index (χ0n) is 13.9. The van der Waals surface area contributed by atoms with E-state index >= 15 is 0 Å². The van der Waals surface area contributed by atoms with Gasteiger partial charge in [-0.3, -0.25) is 0 Å². The van der Waals surface area contributed by atoms with Gasteiger partial charge in [-0.15, -0.1) is 5.10 Å². The lowest BCUT2D eigenvalue weighted by atomic mass is 10.2. The largest absolute Gasteiger partial charge is 0.465 e. The second-order valence-electron chi connectivity index (χ2n) is 5.23. The van der Waals surface area contributed by atoms with Crippen molar-refractivity contribution in [3.8, 4) is 0 Å². The first-order valence-corrected chi connectivity index (χ1v) is 7.61. The van der Waals surface area contributed by atoms with Gasteiger partial charge in [-0.1, -0.05) is 24.3 Å². The molecule has 0 bridgehead atoms. The molecular weight excluding hydrogens is 318 g/mol. The van der Waals surface area contributed by atoms with Crippen molar-refractivity contribution >= 4 is 29.1 Å². The smallest absolute Gasteiger partial charge is 0.337 e. The van der Waals surface area contributed by atoms with Crippen molar-refractivity contribution in [3.63, 3.8) is 0 Å². The quantitative estimate of drug-likeness (QED) is 0.717. The van der Waals surface area contributed by atoms with Crippen LogP contribution in [-0.4, -0.2) is 35.3 Å². The Kier molecular flexibility index (Phi) is 4.84. The summed E-state index contributed by atoms with van der Waals surface area (Å²) in [5, 5.41) is 11.0. The van der Waals surface area contributed by atoms with Crippen LogP contribution in [-0.2, 0) is 4.74 Å². The van der Waals surface area contributed by atoms with Crippen molar-refractivity contribution in [2.45, 2.75) is 0 Å². The third kappa shape index (κ3) is 3.89. The second-order valence-corrected chi connectivity index (χ2v) is 5.23. The Bertz CT molecular complexity index is 870. The number of nitrogens with one attached hydrogen (secondary N) is 1. The van der Waals surface area contributed by atoms with E-state index in [-0.39, 0.29) is 0 Å². The molecule has 2 aromatic carbocycles. The average molecular weight is 335 g/mol. The maximum atomic E-state index is 11.6. The van der Waals surface area contributed by atoms with E-state index < -0.39 is 5.97 Å². The van der Waals surface area contributed by atoms with Gasteiger partial charge in [-0.2, -0.15) is 10.1 Å². The van der Waals surface area contributed by atoms with Crippen LogP contribution >= 0.6 is 0 Å². The highest BCUT2D eigenvalue weighted by Crippen LogP contribution is 2.22. The number of methoxy groups -OCH3 is 1. The number of para-hydroxylation sites is 1. The van der Waals surface area contributed by atoms with Crippen LogP contribution in [0.4, 0.5) is 23.1 Å². The number of carbonyl (C=O) groups excluding carboxylic acids is 1. The number of rotatable bonds is 5. The molecule has 0 amide bonds. The van der Waals surface area contributed by atoms with Crippen LogP contribution in [0.15, 0.2) is 60.8 Å². The van der Waals surface area contributed by atoms with Gasteiger partial charge in [0.2, 0.25) is 5.95 Å². The summed E-state index contributed by atoms with van der Waals surface area (Å²) in [6.07, 6.45) is 1.59. The number of benzene rings is 2. The number of ether oxygens (including phenoxy) is 1. The van der Waals surface area contributed by atoms with Gasteiger partial charge >= 0.3 is 5.97 Å². The molecule has 1 aromatic heterocycles. The fourth-order valence-electron chi connectivity index (χ4n) is 2.26. The van der Waals surface area contributed by atoms with Crippen LogP contribution in [0.25, 0.3) is 0 Å². The predicted molar refractivity (Wildman–Crippen MR) is 95.4 cm³/mol. The minimum absolute atomic E-state index is 0.335. The van der Waals surface area contributed by atoms with E-state index in [2.05, 4.69) is 20.5 Å². The van der Waals surface area contributed by atoms with E-state index in [4.69, 9.17) is 4.74 Å². The summed E-state index contributed by atoms with van der Waals surface area (Å²) in [5.74, 6) is 0.579. The van der Waals surface area contributed by atoms with E-state index in [1.807, 2.05) is 48.3 Å². The van der Waals surface area contributed by atoms with Crippen molar-refractivity contribution in [2.24, 2.45) is 0 Å². The molecule has 7 heteroatoms. The van der Waals surface area contributed by atoms with E-state index in [0.717, 1.165) is 5.69 Å². The molecule has 0 unspecified atom stereocenters. The first kappa shape index (κ1) is 16.4. The number of carbonyl (C=O) groups is 1. The highest BCUT2D eigenvalue weighted by molar-refractivity contribution is 5.90. The molecule has 0 aliphatic rings. The molecule has 0 saturated carbocycles. The van der Waals surface area contributed by atoms with E-state index in [1.54, 1.807) is 24.4 Å². The van der Waals surface area contributed by atoms with Gasteiger partial charge in [0, 0.05) is 18.4 Å². The molecule has 0 spiro atoms. The number of hydrogen-bond donors (Lipinski definition) is 1. The molecular formula is C18H17N5O2. The van der Waals surface area contributed by atoms with E-state index in [0.29, 0.717) is 23.0 Å². The van der Waals surface area contributed by atoms with Gasteiger partial charge in [0.25, 0.3) is 0 Å². The molecule has 3 rings (SSSR count).